The summed E-state index contributed by atoms with van der Waals surface area (Å²) in [6, 6.07) is 9.02. The summed E-state index contributed by atoms with van der Waals surface area (Å²) in [6.07, 6.45) is 12.2. The Hall–Kier alpha value is -1.02. The van der Waals surface area contributed by atoms with Gasteiger partial charge >= 0.3 is 0 Å². The molecule has 0 radical (unpaired) electrons. The SMILES string of the molecule is Cc1ccccc1OCCCCNC1CCCCCCC1. The Morgan fingerprint density at radius 2 is 1.71 bits per heavy atom. The number of para-hydroxylation sites is 1. The van der Waals surface area contributed by atoms with Crippen LogP contribution in [0.4, 0.5) is 0 Å². The van der Waals surface area contributed by atoms with E-state index >= 15 is 0 Å². The summed E-state index contributed by atoms with van der Waals surface area (Å²) < 4.78 is 5.84. The van der Waals surface area contributed by atoms with E-state index in [1.54, 1.807) is 0 Å². The van der Waals surface area contributed by atoms with Crippen molar-refractivity contribution in [1.82, 2.24) is 5.32 Å². The van der Waals surface area contributed by atoms with E-state index in [4.69, 9.17) is 4.74 Å². The van der Waals surface area contributed by atoms with Gasteiger partial charge in [-0.3, -0.25) is 0 Å². The topological polar surface area (TPSA) is 21.3 Å². The van der Waals surface area contributed by atoms with E-state index < -0.39 is 0 Å². The van der Waals surface area contributed by atoms with Crippen LogP contribution in [0.1, 0.15) is 63.4 Å². The first-order valence-electron chi connectivity index (χ1n) is 8.78. The fourth-order valence-electron chi connectivity index (χ4n) is 3.09. The second-order valence-corrected chi connectivity index (χ2v) is 6.32. The van der Waals surface area contributed by atoms with Crippen molar-refractivity contribution in [2.24, 2.45) is 0 Å². The Morgan fingerprint density at radius 1 is 1.00 bits per heavy atom. The van der Waals surface area contributed by atoms with Crippen LogP contribution in [0.2, 0.25) is 0 Å². The van der Waals surface area contributed by atoms with Crippen molar-refractivity contribution in [3.8, 4) is 5.75 Å². The lowest BCUT2D eigenvalue weighted by Crippen LogP contribution is -2.30. The molecule has 0 unspecified atom stereocenters. The highest BCUT2D eigenvalue weighted by Gasteiger charge is 2.09. The summed E-state index contributed by atoms with van der Waals surface area (Å²) >= 11 is 0. The molecule has 0 heterocycles. The average Bonchev–Trinajstić information content (AvgIpc) is 2.46. The normalized spacial score (nSPS) is 17.2. The third kappa shape index (κ3) is 6.52. The number of hydrogen-bond acceptors (Lipinski definition) is 2. The monoisotopic (exact) mass is 289 g/mol. The highest BCUT2D eigenvalue weighted by atomic mass is 16.5. The first-order chi connectivity index (χ1) is 10.4. The van der Waals surface area contributed by atoms with Gasteiger partial charge in [-0.1, -0.05) is 50.3 Å². The molecule has 0 saturated heterocycles. The average molecular weight is 289 g/mol. The van der Waals surface area contributed by atoms with Crippen LogP contribution < -0.4 is 10.1 Å². The molecule has 0 aliphatic heterocycles. The van der Waals surface area contributed by atoms with Crippen molar-refractivity contribution >= 4 is 0 Å². The van der Waals surface area contributed by atoms with Crippen LogP contribution in [0, 0.1) is 6.92 Å². The lowest BCUT2D eigenvalue weighted by atomic mass is 9.97. The van der Waals surface area contributed by atoms with Crippen molar-refractivity contribution in [3.63, 3.8) is 0 Å². The zero-order valence-electron chi connectivity index (χ0n) is 13.6. The summed E-state index contributed by atoms with van der Waals surface area (Å²) in [7, 11) is 0. The quantitative estimate of drug-likeness (QED) is 0.724. The van der Waals surface area contributed by atoms with Gasteiger partial charge in [0, 0.05) is 6.04 Å². The number of nitrogens with one attached hydrogen (secondary N) is 1. The Kier molecular flexibility index (Phi) is 7.66. The van der Waals surface area contributed by atoms with Gasteiger partial charge in [-0.05, 0) is 50.8 Å². The van der Waals surface area contributed by atoms with Crippen molar-refractivity contribution in [1.29, 1.82) is 0 Å². The minimum atomic E-state index is 0.766. The largest absolute Gasteiger partial charge is 0.493 e. The Bertz CT molecular complexity index is 383. The molecule has 0 amide bonds. The molecule has 1 aliphatic carbocycles. The van der Waals surface area contributed by atoms with Crippen molar-refractivity contribution < 1.29 is 4.74 Å². The molecule has 1 N–H and O–H groups in total. The summed E-state index contributed by atoms with van der Waals surface area (Å²) in [5.41, 5.74) is 1.23. The summed E-state index contributed by atoms with van der Waals surface area (Å²) in [4.78, 5) is 0. The first kappa shape index (κ1) is 16.4. The van der Waals surface area contributed by atoms with Gasteiger partial charge < -0.3 is 10.1 Å². The van der Waals surface area contributed by atoms with E-state index in [0.717, 1.165) is 31.4 Å². The maximum absolute atomic E-state index is 5.84. The zero-order chi connectivity index (χ0) is 14.8. The van der Waals surface area contributed by atoms with Crippen LogP contribution >= 0.6 is 0 Å². The number of benzene rings is 1. The molecular weight excluding hydrogens is 258 g/mol. The molecule has 0 spiro atoms. The maximum Gasteiger partial charge on any atom is 0.122 e. The van der Waals surface area contributed by atoms with Crippen LogP contribution in [-0.4, -0.2) is 19.2 Å². The summed E-state index contributed by atoms with van der Waals surface area (Å²) in [5.74, 6) is 1.03. The van der Waals surface area contributed by atoms with Crippen LogP contribution in [0.15, 0.2) is 24.3 Å². The number of ether oxygens (including phenoxy) is 1. The summed E-state index contributed by atoms with van der Waals surface area (Å²) in [5, 5.41) is 3.74. The molecular formula is C19H31NO. The van der Waals surface area contributed by atoms with E-state index in [9.17, 15) is 0 Å². The molecule has 2 nitrogen and oxygen atoms in total. The van der Waals surface area contributed by atoms with Gasteiger partial charge in [0.2, 0.25) is 0 Å². The van der Waals surface area contributed by atoms with E-state index in [-0.39, 0.29) is 0 Å². The molecule has 2 heteroatoms. The number of rotatable bonds is 7. The van der Waals surface area contributed by atoms with E-state index in [2.05, 4.69) is 30.4 Å². The number of aryl methyl sites for hydroxylation is 1. The van der Waals surface area contributed by atoms with Gasteiger partial charge in [0.15, 0.2) is 0 Å². The second kappa shape index (κ2) is 9.83. The molecule has 118 valence electrons. The van der Waals surface area contributed by atoms with Crippen LogP contribution in [0.5, 0.6) is 5.75 Å². The zero-order valence-corrected chi connectivity index (χ0v) is 13.6. The highest BCUT2D eigenvalue weighted by Crippen LogP contribution is 2.18. The third-order valence-corrected chi connectivity index (χ3v) is 4.46. The van der Waals surface area contributed by atoms with E-state index in [1.165, 1.54) is 56.9 Å². The standard InChI is InChI=1S/C19H31NO/c1-17-11-7-8-14-19(17)21-16-10-9-15-20-18-12-5-3-2-4-6-13-18/h7-8,11,14,18,20H,2-6,9-10,12-13,15-16H2,1H3. The Labute approximate surface area is 130 Å². The molecule has 1 aromatic rings. The molecule has 0 bridgehead atoms. The van der Waals surface area contributed by atoms with E-state index in [0.29, 0.717) is 0 Å². The third-order valence-electron chi connectivity index (χ3n) is 4.46. The first-order valence-corrected chi connectivity index (χ1v) is 8.78. The molecule has 0 atom stereocenters. The minimum Gasteiger partial charge on any atom is -0.493 e. The molecule has 0 aromatic heterocycles. The molecule has 1 fully saturated rings. The number of unbranched alkanes of at least 4 members (excludes halogenated alkanes) is 1. The molecule has 1 aromatic carbocycles. The maximum atomic E-state index is 5.84. The summed E-state index contributed by atoms with van der Waals surface area (Å²) in [6.45, 7) is 4.07. The lowest BCUT2D eigenvalue weighted by molar-refractivity contribution is 0.300. The van der Waals surface area contributed by atoms with Crippen molar-refractivity contribution in [2.45, 2.75) is 70.8 Å². The Balaban J connectivity index is 1.52. The van der Waals surface area contributed by atoms with E-state index in [1.807, 2.05) is 6.07 Å². The predicted molar refractivity (Wildman–Crippen MR) is 90.0 cm³/mol. The Morgan fingerprint density at radius 3 is 2.48 bits per heavy atom. The fourth-order valence-corrected chi connectivity index (χ4v) is 3.09. The molecule has 2 rings (SSSR count). The van der Waals surface area contributed by atoms with Gasteiger partial charge in [-0.25, -0.2) is 0 Å². The van der Waals surface area contributed by atoms with Crippen molar-refractivity contribution in [3.05, 3.63) is 29.8 Å². The molecule has 1 saturated carbocycles. The number of hydrogen-bond donors (Lipinski definition) is 1. The second-order valence-electron chi connectivity index (χ2n) is 6.32. The highest BCUT2D eigenvalue weighted by molar-refractivity contribution is 5.31. The van der Waals surface area contributed by atoms with Gasteiger partial charge in [0.1, 0.15) is 5.75 Å². The van der Waals surface area contributed by atoms with Crippen LogP contribution in [0.3, 0.4) is 0 Å². The fraction of sp³-hybridized carbons (Fsp3) is 0.684. The molecule has 21 heavy (non-hydrogen) atoms. The van der Waals surface area contributed by atoms with Gasteiger partial charge in [0.25, 0.3) is 0 Å². The van der Waals surface area contributed by atoms with Gasteiger partial charge in [-0.15, -0.1) is 0 Å². The smallest absolute Gasteiger partial charge is 0.122 e. The predicted octanol–water partition coefficient (Wildman–Crippen LogP) is 4.86. The van der Waals surface area contributed by atoms with Gasteiger partial charge in [-0.2, -0.15) is 0 Å². The van der Waals surface area contributed by atoms with Crippen LogP contribution in [0.25, 0.3) is 0 Å². The van der Waals surface area contributed by atoms with Crippen molar-refractivity contribution in [2.75, 3.05) is 13.2 Å². The molecule has 1 aliphatic rings. The van der Waals surface area contributed by atoms with Gasteiger partial charge in [0.05, 0.1) is 6.61 Å². The lowest BCUT2D eigenvalue weighted by Gasteiger charge is -2.21. The van der Waals surface area contributed by atoms with Crippen LogP contribution in [-0.2, 0) is 0 Å². The minimum absolute atomic E-state index is 0.766.